The minimum absolute atomic E-state index is 0.140. The van der Waals surface area contributed by atoms with Gasteiger partial charge in [0.1, 0.15) is 0 Å². The number of alkyl halides is 2. The van der Waals surface area contributed by atoms with Gasteiger partial charge >= 0.3 is 0 Å². The predicted octanol–water partition coefficient (Wildman–Crippen LogP) is 2.61. The molecule has 1 aliphatic heterocycles. The second-order valence-electron chi connectivity index (χ2n) is 4.66. The number of piperidine rings is 1. The van der Waals surface area contributed by atoms with Gasteiger partial charge in [-0.2, -0.15) is 0 Å². The third-order valence-corrected chi connectivity index (χ3v) is 3.27. The van der Waals surface area contributed by atoms with E-state index in [0.717, 1.165) is 10.9 Å². The Labute approximate surface area is 109 Å². The number of ether oxygens (including phenoxy) is 1. The van der Waals surface area contributed by atoms with Gasteiger partial charge in [-0.25, -0.2) is 13.8 Å². The van der Waals surface area contributed by atoms with Crippen LogP contribution in [0.25, 0.3) is 10.9 Å². The Morgan fingerprint density at radius 1 is 1.21 bits per heavy atom. The molecule has 0 amide bonds. The van der Waals surface area contributed by atoms with Crippen molar-refractivity contribution in [1.29, 1.82) is 0 Å². The number of nitrogens with one attached hydrogen (secondary N) is 1. The molecule has 1 saturated heterocycles. The maximum absolute atomic E-state index is 13.7. The first-order valence-corrected chi connectivity index (χ1v) is 6.26. The highest BCUT2D eigenvalue weighted by Gasteiger charge is 2.43. The molecule has 1 fully saturated rings. The number of rotatable bonds is 2. The molecule has 1 aromatic heterocycles. The first-order valence-electron chi connectivity index (χ1n) is 6.26. The van der Waals surface area contributed by atoms with Crippen LogP contribution in [0.5, 0.6) is 5.88 Å². The van der Waals surface area contributed by atoms with E-state index in [-0.39, 0.29) is 18.8 Å². The van der Waals surface area contributed by atoms with Crippen molar-refractivity contribution in [3.63, 3.8) is 0 Å². The van der Waals surface area contributed by atoms with Crippen molar-refractivity contribution in [1.82, 2.24) is 10.3 Å². The van der Waals surface area contributed by atoms with Crippen LogP contribution in [0, 0.1) is 0 Å². The highest BCUT2D eigenvalue weighted by molar-refractivity contribution is 5.78. The van der Waals surface area contributed by atoms with Gasteiger partial charge in [0.25, 0.3) is 5.92 Å². The molecule has 1 aliphatic rings. The molecule has 1 aromatic carbocycles. The lowest BCUT2D eigenvalue weighted by Crippen LogP contribution is -2.51. The first kappa shape index (κ1) is 12.3. The molecule has 1 N–H and O–H groups in total. The normalized spacial score (nSPS) is 22.3. The Morgan fingerprint density at radius 3 is 2.89 bits per heavy atom. The third-order valence-electron chi connectivity index (χ3n) is 3.27. The van der Waals surface area contributed by atoms with Crippen LogP contribution in [0.15, 0.2) is 36.4 Å². The van der Waals surface area contributed by atoms with Crippen molar-refractivity contribution in [3.8, 4) is 5.88 Å². The highest BCUT2D eigenvalue weighted by Crippen LogP contribution is 2.28. The van der Waals surface area contributed by atoms with Crippen LogP contribution in [0.3, 0.4) is 0 Å². The van der Waals surface area contributed by atoms with E-state index in [0.29, 0.717) is 6.54 Å². The molecule has 100 valence electrons. The Morgan fingerprint density at radius 2 is 2.05 bits per heavy atom. The Kier molecular flexibility index (Phi) is 3.06. The first-order chi connectivity index (χ1) is 9.15. The van der Waals surface area contributed by atoms with E-state index in [2.05, 4.69) is 10.3 Å². The zero-order valence-corrected chi connectivity index (χ0v) is 10.3. The molecule has 5 heteroatoms. The lowest BCUT2D eigenvalue weighted by Gasteiger charge is -2.31. The van der Waals surface area contributed by atoms with Gasteiger partial charge < -0.3 is 10.1 Å². The van der Waals surface area contributed by atoms with Crippen LogP contribution < -0.4 is 10.1 Å². The quantitative estimate of drug-likeness (QED) is 0.905. The number of fused-ring (bicyclic) bond motifs is 1. The van der Waals surface area contributed by atoms with Crippen molar-refractivity contribution in [3.05, 3.63) is 36.4 Å². The van der Waals surface area contributed by atoms with Gasteiger partial charge in [-0.1, -0.05) is 18.2 Å². The standard InChI is InChI=1S/C14H14F2N2O/c15-14(16)7-8-17-9-12(14)19-13-6-5-10-3-1-2-4-11(10)18-13/h1-6,12,17H,7-9H2. The largest absolute Gasteiger partial charge is 0.467 e. The van der Waals surface area contributed by atoms with Gasteiger partial charge in [-0.05, 0) is 12.1 Å². The van der Waals surface area contributed by atoms with E-state index in [1.807, 2.05) is 30.3 Å². The SMILES string of the molecule is FC1(F)CCNCC1Oc1ccc2ccccc2n1. The Hall–Kier alpha value is -1.75. The molecule has 3 nitrogen and oxygen atoms in total. The fourth-order valence-electron chi connectivity index (χ4n) is 2.19. The molecular formula is C14H14F2N2O. The summed E-state index contributed by atoms with van der Waals surface area (Å²) in [5, 5.41) is 3.88. The minimum Gasteiger partial charge on any atom is -0.467 e. The Balaban J connectivity index is 1.84. The van der Waals surface area contributed by atoms with Gasteiger partial charge in [0.15, 0.2) is 6.10 Å². The molecule has 0 radical (unpaired) electrons. The summed E-state index contributed by atoms with van der Waals surface area (Å²) in [6.45, 7) is 0.458. The zero-order chi connectivity index (χ0) is 13.3. The smallest absolute Gasteiger partial charge is 0.286 e. The fourth-order valence-corrected chi connectivity index (χ4v) is 2.19. The third kappa shape index (κ3) is 2.51. The maximum Gasteiger partial charge on any atom is 0.286 e. The van der Waals surface area contributed by atoms with Crippen molar-refractivity contribution in [2.24, 2.45) is 0 Å². The number of para-hydroxylation sites is 1. The molecule has 19 heavy (non-hydrogen) atoms. The molecule has 0 saturated carbocycles. The second kappa shape index (κ2) is 4.74. The van der Waals surface area contributed by atoms with Gasteiger partial charge in [0.2, 0.25) is 5.88 Å². The molecular weight excluding hydrogens is 250 g/mol. The van der Waals surface area contributed by atoms with Crippen LogP contribution in [-0.2, 0) is 0 Å². The molecule has 0 bridgehead atoms. The zero-order valence-electron chi connectivity index (χ0n) is 10.3. The van der Waals surface area contributed by atoms with Crippen molar-refractivity contribution >= 4 is 10.9 Å². The minimum atomic E-state index is -2.81. The van der Waals surface area contributed by atoms with Crippen LogP contribution >= 0.6 is 0 Å². The molecule has 2 aromatic rings. The average Bonchev–Trinajstić information content (AvgIpc) is 2.41. The van der Waals surface area contributed by atoms with Crippen molar-refractivity contribution in [2.75, 3.05) is 13.1 Å². The summed E-state index contributed by atoms with van der Waals surface area (Å²) in [7, 11) is 0. The summed E-state index contributed by atoms with van der Waals surface area (Å²) in [5.41, 5.74) is 0.743. The van der Waals surface area contributed by atoms with E-state index < -0.39 is 12.0 Å². The number of hydrogen-bond donors (Lipinski definition) is 1. The molecule has 2 heterocycles. The predicted molar refractivity (Wildman–Crippen MR) is 68.6 cm³/mol. The van der Waals surface area contributed by atoms with Gasteiger partial charge in [0.05, 0.1) is 5.52 Å². The summed E-state index contributed by atoms with van der Waals surface area (Å²) >= 11 is 0. The summed E-state index contributed by atoms with van der Waals surface area (Å²) in [6.07, 6.45) is -1.36. The summed E-state index contributed by atoms with van der Waals surface area (Å²) in [6, 6.07) is 11.0. The summed E-state index contributed by atoms with van der Waals surface area (Å²) in [4.78, 5) is 4.25. The van der Waals surface area contributed by atoms with Gasteiger partial charge in [-0.15, -0.1) is 0 Å². The van der Waals surface area contributed by atoms with Crippen LogP contribution in [0.1, 0.15) is 6.42 Å². The van der Waals surface area contributed by atoms with E-state index in [1.165, 1.54) is 0 Å². The van der Waals surface area contributed by atoms with Crippen molar-refractivity contribution < 1.29 is 13.5 Å². The second-order valence-corrected chi connectivity index (χ2v) is 4.66. The fraction of sp³-hybridized carbons (Fsp3) is 0.357. The van der Waals surface area contributed by atoms with Gasteiger partial charge in [0, 0.05) is 31.0 Å². The number of halogens is 2. The molecule has 0 spiro atoms. The number of benzene rings is 1. The van der Waals surface area contributed by atoms with E-state index in [9.17, 15) is 8.78 Å². The van der Waals surface area contributed by atoms with Crippen LogP contribution in [-0.4, -0.2) is 30.1 Å². The average molecular weight is 264 g/mol. The van der Waals surface area contributed by atoms with Crippen LogP contribution in [0.4, 0.5) is 8.78 Å². The summed E-state index contributed by atoms with van der Waals surface area (Å²) in [5.74, 6) is -2.56. The lowest BCUT2D eigenvalue weighted by atomic mass is 10.1. The number of hydrogen-bond acceptors (Lipinski definition) is 3. The lowest BCUT2D eigenvalue weighted by molar-refractivity contribution is -0.113. The summed E-state index contributed by atoms with van der Waals surface area (Å²) < 4.78 is 32.7. The Bertz CT molecular complexity index is 588. The number of pyridine rings is 1. The number of aromatic nitrogens is 1. The van der Waals surface area contributed by atoms with E-state index >= 15 is 0 Å². The molecule has 0 aliphatic carbocycles. The monoisotopic (exact) mass is 264 g/mol. The molecule has 1 atom stereocenters. The number of nitrogens with zero attached hydrogens (tertiary/aromatic N) is 1. The van der Waals surface area contributed by atoms with E-state index in [4.69, 9.17) is 4.74 Å². The van der Waals surface area contributed by atoms with Crippen LogP contribution in [0.2, 0.25) is 0 Å². The highest BCUT2D eigenvalue weighted by atomic mass is 19.3. The maximum atomic E-state index is 13.7. The van der Waals surface area contributed by atoms with Gasteiger partial charge in [-0.3, -0.25) is 0 Å². The molecule has 3 rings (SSSR count). The molecule has 1 unspecified atom stereocenters. The van der Waals surface area contributed by atoms with E-state index in [1.54, 1.807) is 6.07 Å². The van der Waals surface area contributed by atoms with Crippen molar-refractivity contribution in [2.45, 2.75) is 18.4 Å². The topological polar surface area (TPSA) is 34.1 Å².